The minimum Gasteiger partial charge on any atom is -0.388 e. The van der Waals surface area contributed by atoms with Crippen LogP contribution in [0.4, 0.5) is 4.79 Å². The van der Waals surface area contributed by atoms with E-state index in [-0.39, 0.29) is 12.1 Å². The highest BCUT2D eigenvalue weighted by Crippen LogP contribution is 2.28. The molecule has 0 bridgehead atoms. The van der Waals surface area contributed by atoms with Crippen LogP contribution in [0.25, 0.3) is 5.69 Å². The third-order valence-corrected chi connectivity index (χ3v) is 4.62. The van der Waals surface area contributed by atoms with Crippen molar-refractivity contribution < 1.29 is 9.90 Å². The van der Waals surface area contributed by atoms with E-state index in [9.17, 15) is 9.90 Å². The quantitative estimate of drug-likeness (QED) is 0.789. The molecule has 1 aliphatic rings. The van der Waals surface area contributed by atoms with Gasteiger partial charge in [0.15, 0.2) is 0 Å². The first-order valence-corrected chi connectivity index (χ1v) is 8.42. The van der Waals surface area contributed by atoms with Crippen LogP contribution in [0, 0.1) is 0 Å². The third kappa shape index (κ3) is 3.94. The van der Waals surface area contributed by atoms with Crippen molar-refractivity contribution in [3.8, 4) is 5.69 Å². The second-order valence-electron chi connectivity index (χ2n) is 6.52. The molecule has 2 amide bonds. The topological polar surface area (TPSA) is 79.2 Å². The summed E-state index contributed by atoms with van der Waals surface area (Å²) in [6.45, 7) is 2.25. The van der Waals surface area contributed by atoms with E-state index in [0.717, 1.165) is 36.9 Å². The van der Waals surface area contributed by atoms with Gasteiger partial charge >= 0.3 is 6.03 Å². The second-order valence-corrected chi connectivity index (χ2v) is 6.52. The molecule has 6 heteroatoms. The van der Waals surface area contributed by atoms with Gasteiger partial charge in [-0.15, -0.1) is 0 Å². The van der Waals surface area contributed by atoms with Gasteiger partial charge in [0, 0.05) is 18.9 Å². The van der Waals surface area contributed by atoms with Crippen LogP contribution in [0.1, 0.15) is 44.2 Å². The van der Waals surface area contributed by atoms with Gasteiger partial charge in [0.25, 0.3) is 0 Å². The minimum absolute atomic E-state index is 0.116. The third-order valence-electron chi connectivity index (χ3n) is 4.62. The van der Waals surface area contributed by atoms with Gasteiger partial charge in [-0.1, -0.05) is 25.0 Å². The minimum atomic E-state index is -0.730. The molecule has 2 aromatic rings. The zero-order valence-corrected chi connectivity index (χ0v) is 13.9. The molecule has 1 atom stereocenters. The molecule has 6 nitrogen and oxygen atoms in total. The van der Waals surface area contributed by atoms with Crippen molar-refractivity contribution >= 4 is 6.03 Å². The van der Waals surface area contributed by atoms with E-state index >= 15 is 0 Å². The fourth-order valence-electron chi connectivity index (χ4n) is 3.12. The van der Waals surface area contributed by atoms with Gasteiger partial charge in [-0.2, -0.15) is 5.10 Å². The summed E-state index contributed by atoms with van der Waals surface area (Å²) in [6.07, 6.45) is 7.20. The molecule has 24 heavy (non-hydrogen) atoms. The van der Waals surface area contributed by atoms with Gasteiger partial charge in [-0.3, -0.25) is 0 Å². The van der Waals surface area contributed by atoms with Gasteiger partial charge in [0.05, 0.1) is 17.3 Å². The maximum absolute atomic E-state index is 12.0. The molecule has 1 unspecified atom stereocenters. The Morgan fingerprint density at radius 1 is 1.33 bits per heavy atom. The number of carbonyl (C=O) groups excluding carboxylic acids is 1. The molecule has 0 spiro atoms. The average molecular weight is 328 g/mol. The van der Waals surface area contributed by atoms with Crippen LogP contribution in [-0.2, 0) is 0 Å². The van der Waals surface area contributed by atoms with Crippen LogP contribution >= 0.6 is 0 Å². The zero-order valence-electron chi connectivity index (χ0n) is 13.9. The summed E-state index contributed by atoms with van der Waals surface area (Å²) in [4.78, 5) is 12.0. The Labute approximate surface area is 141 Å². The number of benzene rings is 1. The van der Waals surface area contributed by atoms with Crippen molar-refractivity contribution in [1.82, 2.24) is 20.4 Å². The largest absolute Gasteiger partial charge is 0.388 e. The van der Waals surface area contributed by atoms with Gasteiger partial charge in [-0.05, 0) is 43.5 Å². The summed E-state index contributed by atoms with van der Waals surface area (Å²) < 4.78 is 1.79. The molecule has 0 radical (unpaired) electrons. The summed E-state index contributed by atoms with van der Waals surface area (Å²) in [6, 6.07) is 9.41. The first-order valence-electron chi connectivity index (χ1n) is 8.42. The maximum Gasteiger partial charge on any atom is 0.315 e. The number of hydrogen-bond donors (Lipinski definition) is 3. The van der Waals surface area contributed by atoms with Crippen molar-refractivity contribution in [3.05, 3.63) is 48.3 Å². The fraction of sp³-hybridized carbons (Fsp3) is 0.444. The Bertz CT molecular complexity index is 661. The molecular weight excluding hydrogens is 304 g/mol. The molecule has 1 aromatic heterocycles. The van der Waals surface area contributed by atoms with Crippen molar-refractivity contribution in [2.24, 2.45) is 0 Å². The molecule has 1 fully saturated rings. The number of urea groups is 1. The van der Waals surface area contributed by atoms with Crippen molar-refractivity contribution in [2.75, 3.05) is 6.54 Å². The summed E-state index contributed by atoms with van der Waals surface area (Å²) in [5.74, 6) is 0. The van der Waals surface area contributed by atoms with Crippen LogP contribution in [0.5, 0.6) is 0 Å². The predicted octanol–water partition coefficient (Wildman–Crippen LogP) is 2.54. The van der Waals surface area contributed by atoms with Crippen LogP contribution in [0.15, 0.2) is 42.7 Å². The SMILES string of the molecule is CC(NC(=O)NCC1(O)CCCC1)c1ccc(-n2cccn2)cc1. The number of amides is 2. The lowest BCUT2D eigenvalue weighted by Crippen LogP contribution is -2.45. The maximum atomic E-state index is 12.0. The van der Waals surface area contributed by atoms with Crippen LogP contribution in [-0.4, -0.2) is 33.1 Å². The van der Waals surface area contributed by atoms with Crippen LogP contribution in [0.3, 0.4) is 0 Å². The number of carbonyl (C=O) groups is 1. The number of nitrogens with zero attached hydrogens (tertiary/aromatic N) is 2. The highest BCUT2D eigenvalue weighted by Gasteiger charge is 2.31. The normalized spacial score (nSPS) is 17.4. The molecule has 0 aliphatic heterocycles. The lowest BCUT2D eigenvalue weighted by molar-refractivity contribution is 0.0500. The molecule has 128 valence electrons. The first kappa shape index (κ1) is 16.5. The van der Waals surface area contributed by atoms with Crippen molar-refractivity contribution in [1.29, 1.82) is 0 Å². The molecule has 1 heterocycles. The van der Waals surface area contributed by atoms with E-state index in [2.05, 4.69) is 15.7 Å². The Hall–Kier alpha value is -2.34. The Balaban J connectivity index is 1.52. The fourth-order valence-corrected chi connectivity index (χ4v) is 3.12. The van der Waals surface area contributed by atoms with Gasteiger partial charge in [-0.25, -0.2) is 9.48 Å². The Morgan fingerprint density at radius 3 is 2.67 bits per heavy atom. The predicted molar refractivity (Wildman–Crippen MR) is 91.9 cm³/mol. The zero-order chi connectivity index (χ0) is 17.0. The van der Waals surface area contributed by atoms with E-state index in [0.29, 0.717) is 6.54 Å². The average Bonchev–Trinajstić information content (AvgIpc) is 3.25. The van der Waals surface area contributed by atoms with Crippen LogP contribution < -0.4 is 10.6 Å². The number of aliphatic hydroxyl groups is 1. The Kier molecular flexibility index (Phi) is 4.85. The van der Waals surface area contributed by atoms with Gasteiger partial charge in [0.2, 0.25) is 0 Å². The van der Waals surface area contributed by atoms with E-state index in [4.69, 9.17) is 0 Å². The van der Waals surface area contributed by atoms with Crippen molar-refractivity contribution in [2.45, 2.75) is 44.2 Å². The molecule has 3 N–H and O–H groups in total. The summed E-state index contributed by atoms with van der Waals surface area (Å²) in [5.41, 5.74) is 1.26. The summed E-state index contributed by atoms with van der Waals surface area (Å²) >= 11 is 0. The number of aromatic nitrogens is 2. The molecule has 0 saturated heterocycles. The number of hydrogen-bond acceptors (Lipinski definition) is 3. The monoisotopic (exact) mass is 328 g/mol. The molecule has 3 rings (SSSR count). The lowest BCUT2D eigenvalue weighted by atomic mass is 10.0. The van der Waals surface area contributed by atoms with E-state index in [1.807, 2.05) is 43.5 Å². The van der Waals surface area contributed by atoms with Gasteiger partial charge in [0.1, 0.15) is 0 Å². The van der Waals surface area contributed by atoms with E-state index in [1.54, 1.807) is 10.9 Å². The second kappa shape index (κ2) is 7.05. The highest BCUT2D eigenvalue weighted by molar-refractivity contribution is 5.74. The summed E-state index contributed by atoms with van der Waals surface area (Å²) in [7, 11) is 0. The standard InChI is InChI=1S/C18H24N4O2/c1-14(21-17(23)19-13-18(24)9-2-3-10-18)15-5-7-16(8-6-15)22-12-4-11-20-22/h4-8,11-12,14,24H,2-3,9-10,13H2,1H3,(H2,19,21,23). The first-order chi connectivity index (χ1) is 11.6. The summed E-state index contributed by atoms with van der Waals surface area (Å²) in [5, 5.41) is 20.1. The van der Waals surface area contributed by atoms with E-state index < -0.39 is 5.60 Å². The van der Waals surface area contributed by atoms with Crippen molar-refractivity contribution in [3.63, 3.8) is 0 Å². The number of nitrogens with one attached hydrogen (secondary N) is 2. The lowest BCUT2D eigenvalue weighted by Gasteiger charge is -2.23. The number of rotatable bonds is 5. The Morgan fingerprint density at radius 2 is 2.04 bits per heavy atom. The molecule has 1 aliphatic carbocycles. The smallest absolute Gasteiger partial charge is 0.315 e. The molecular formula is C18H24N4O2. The van der Waals surface area contributed by atoms with Crippen LogP contribution in [0.2, 0.25) is 0 Å². The van der Waals surface area contributed by atoms with Gasteiger partial charge < -0.3 is 15.7 Å². The van der Waals surface area contributed by atoms with E-state index in [1.165, 1.54) is 0 Å². The molecule has 1 saturated carbocycles. The highest BCUT2D eigenvalue weighted by atomic mass is 16.3. The molecule has 1 aromatic carbocycles.